The number of hydrogen-bond donors (Lipinski definition) is 0. The zero-order chi connectivity index (χ0) is 8.10. The summed E-state index contributed by atoms with van der Waals surface area (Å²) in [7, 11) is 0. The average molecular weight is 198 g/mol. The van der Waals surface area contributed by atoms with Crippen LogP contribution in [0.1, 0.15) is 0 Å². The first-order valence-electron chi connectivity index (χ1n) is 3.82. The lowest BCUT2D eigenvalue weighted by atomic mass is 10.3. The maximum atomic E-state index is 5.73. The van der Waals surface area contributed by atoms with E-state index in [0.717, 1.165) is 26.3 Å². The first-order chi connectivity index (χ1) is 5.38. The van der Waals surface area contributed by atoms with E-state index in [1.807, 2.05) is 0 Å². The van der Waals surface area contributed by atoms with Crippen LogP contribution < -0.4 is 0 Å². The second-order valence-corrected chi connectivity index (χ2v) is 3.23. The molecule has 0 N–H and O–H groups in total. The zero-order valence-corrected chi connectivity index (χ0v) is 7.94. The van der Waals surface area contributed by atoms with Crippen LogP contribution in [0.4, 0.5) is 0 Å². The molecule has 1 rings (SSSR count). The van der Waals surface area contributed by atoms with E-state index in [9.17, 15) is 0 Å². The molecule has 0 bridgehead atoms. The fourth-order valence-electron chi connectivity index (χ4n) is 1.18. The lowest BCUT2D eigenvalue weighted by Gasteiger charge is -2.32. The monoisotopic (exact) mass is 197 g/mol. The zero-order valence-electron chi connectivity index (χ0n) is 6.43. The standard InChI is InChI=1S/C7H13Cl2NO/c8-5-7(6-9)10-1-3-11-4-2-10/h7H,1-6H2. The van der Waals surface area contributed by atoms with Gasteiger partial charge in [0.05, 0.1) is 13.2 Å². The quantitative estimate of drug-likeness (QED) is 0.631. The van der Waals surface area contributed by atoms with Crippen LogP contribution in [-0.4, -0.2) is 49.0 Å². The Bertz CT molecular complexity index is 103. The first kappa shape index (κ1) is 9.59. The highest BCUT2D eigenvalue weighted by atomic mass is 35.5. The van der Waals surface area contributed by atoms with E-state index in [4.69, 9.17) is 27.9 Å². The fourth-order valence-corrected chi connectivity index (χ4v) is 1.90. The highest BCUT2D eigenvalue weighted by Gasteiger charge is 2.18. The molecule has 1 heterocycles. The summed E-state index contributed by atoms with van der Waals surface area (Å²) >= 11 is 11.5. The maximum absolute atomic E-state index is 5.73. The van der Waals surface area contributed by atoms with Gasteiger partial charge in [0.1, 0.15) is 0 Å². The average Bonchev–Trinajstić information content (AvgIpc) is 2.09. The summed E-state index contributed by atoms with van der Waals surface area (Å²) in [6, 6.07) is 0.322. The van der Waals surface area contributed by atoms with Crippen LogP contribution >= 0.6 is 23.2 Å². The smallest absolute Gasteiger partial charge is 0.0594 e. The molecule has 0 spiro atoms. The molecular formula is C7H13Cl2NO. The van der Waals surface area contributed by atoms with Gasteiger partial charge in [-0.05, 0) is 0 Å². The molecule has 0 saturated carbocycles. The van der Waals surface area contributed by atoms with Gasteiger partial charge in [0.15, 0.2) is 0 Å². The van der Waals surface area contributed by atoms with Gasteiger partial charge in [-0.2, -0.15) is 0 Å². The predicted octanol–water partition coefficient (Wildman–Crippen LogP) is 1.16. The number of alkyl halides is 2. The first-order valence-corrected chi connectivity index (χ1v) is 4.89. The molecule has 0 atom stereocenters. The highest BCUT2D eigenvalue weighted by molar-refractivity contribution is 6.21. The molecule has 0 unspecified atom stereocenters. The molecule has 0 aliphatic carbocycles. The van der Waals surface area contributed by atoms with Gasteiger partial charge < -0.3 is 4.74 Å². The number of ether oxygens (including phenoxy) is 1. The SMILES string of the molecule is ClCC(CCl)N1CCOCC1. The molecule has 0 aromatic heterocycles. The summed E-state index contributed by atoms with van der Waals surface area (Å²) in [5.74, 6) is 1.23. The molecule has 0 radical (unpaired) electrons. The van der Waals surface area contributed by atoms with Crippen LogP contribution in [0, 0.1) is 0 Å². The van der Waals surface area contributed by atoms with Crippen LogP contribution in [0.5, 0.6) is 0 Å². The van der Waals surface area contributed by atoms with Crippen LogP contribution in [0.25, 0.3) is 0 Å². The normalized spacial score (nSPS) is 21.0. The van der Waals surface area contributed by atoms with Crippen molar-refractivity contribution in [1.82, 2.24) is 4.90 Å². The largest absolute Gasteiger partial charge is 0.379 e. The summed E-state index contributed by atoms with van der Waals surface area (Å²) in [5.41, 5.74) is 0. The Hall–Kier alpha value is 0.500. The number of nitrogens with zero attached hydrogens (tertiary/aromatic N) is 1. The van der Waals surface area contributed by atoms with Gasteiger partial charge in [-0.1, -0.05) is 0 Å². The predicted molar refractivity (Wildman–Crippen MR) is 47.6 cm³/mol. The molecule has 2 nitrogen and oxygen atoms in total. The van der Waals surface area contributed by atoms with E-state index in [2.05, 4.69) is 4.90 Å². The van der Waals surface area contributed by atoms with Crippen molar-refractivity contribution in [2.75, 3.05) is 38.1 Å². The topological polar surface area (TPSA) is 12.5 Å². The third-order valence-electron chi connectivity index (χ3n) is 1.92. The van der Waals surface area contributed by atoms with E-state index in [0.29, 0.717) is 17.8 Å². The van der Waals surface area contributed by atoms with Crippen molar-refractivity contribution in [2.45, 2.75) is 6.04 Å². The molecule has 1 fully saturated rings. The van der Waals surface area contributed by atoms with Gasteiger partial charge in [-0.15, -0.1) is 23.2 Å². The molecule has 0 aromatic rings. The molecule has 0 aromatic carbocycles. The minimum absolute atomic E-state index is 0.322. The number of halogens is 2. The van der Waals surface area contributed by atoms with Gasteiger partial charge in [0.25, 0.3) is 0 Å². The molecule has 0 amide bonds. The molecule has 1 aliphatic heterocycles. The van der Waals surface area contributed by atoms with Crippen LogP contribution in [0.2, 0.25) is 0 Å². The Labute approximate surface area is 77.4 Å². The van der Waals surface area contributed by atoms with Gasteiger partial charge >= 0.3 is 0 Å². The van der Waals surface area contributed by atoms with Crippen molar-refractivity contribution < 1.29 is 4.74 Å². The van der Waals surface area contributed by atoms with Gasteiger partial charge in [-0.3, -0.25) is 4.90 Å². The van der Waals surface area contributed by atoms with Crippen molar-refractivity contribution in [3.63, 3.8) is 0 Å². The number of hydrogen-bond acceptors (Lipinski definition) is 2. The number of morpholine rings is 1. The summed E-state index contributed by atoms with van der Waals surface area (Å²) in [5, 5.41) is 0. The highest BCUT2D eigenvalue weighted by Crippen LogP contribution is 2.06. The lowest BCUT2D eigenvalue weighted by molar-refractivity contribution is 0.0250. The van der Waals surface area contributed by atoms with E-state index in [1.165, 1.54) is 0 Å². The van der Waals surface area contributed by atoms with Crippen LogP contribution in [0.15, 0.2) is 0 Å². The summed E-state index contributed by atoms with van der Waals surface area (Å²) < 4.78 is 5.21. The van der Waals surface area contributed by atoms with Crippen molar-refractivity contribution in [3.8, 4) is 0 Å². The van der Waals surface area contributed by atoms with Crippen molar-refractivity contribution in [1.29, 1.82) is 0 Å². The van der Waals surface area contributed by atoms with Crippen molar-refractivity contribution in [2.24, 2.45) is 0 Å². The fraction of sp³-hybridized carbons (Fsp3) is 1.00. The van der Waals surface area contributed by atoms with Gasteiger partial charge in [0.2, 0.25) is 0 Å². The van der Waals surface area contributed by atoms with Crippen molar-refractivity contribution >= 4 is 23.2 Å². The molecule has 66 valence electrons. The second kappa shape index (κ2) is 5.20. The van der Waals surface area contributed by atoms with Gasteiger partial charge in [0, 0.05) is 30.9 Å². The second-order valence-electron chi connectivity index (χ2n) is 2.61. The minimum atomic E-state index is 0.322. The summed E-state index contributed by atoms with van der Waals surface area (Å²) in [6.45, 7) is 3.54. The van der Waals surface area contributed by atoms with Crippen molar-refractivity contribution in [3.05, 3.63) is 0 Å². The summed E-state index contributed by atoms with van der Waals surface area (Å²) in [4.78, 5) is 2.28. The Balaban J connectivity index is 2.30. The van der Waals surface area contributed by atoms with Gasteiger partial charge in [-0.25, -0.2) is 0 Å². The molecular weight excluding hydrogens is 185 g/mol. The Morgan fingerprint density at radius 2 is 1.73 bits per heavy atom. The van der Waals surface area contributed by atoms with Crippen LogP contribution in [-0.2, 0) is 4.74 Å². The minimum Gasteiger partial charge on any atom is -0.379 e. The molecule has 11 heavy (non-hydrogen) atoms. The van der Waals surface area contributed by atoms with E-state index in [1.54, 1.807) is 0 Å². The molecule has 1 aliphatic rings. The van der Waals surface area contributed by atoms with Crippen LogP contribution in [0.3, 0.4) is 0 Å². The van der Waals surface area contributed by atoms with E-state index >= 15 is 0 Å². The third kappa shape index (κ3) is 2.79. The molecule has 1 saturated heterocycles. The summed E-state index contributed by atoms with van der Waals surface area (Å²) in [6.07, 6.45) is 0. The lowest BCUT2D eigenvalue weighted by Crippen LogP contribution is -2.45. The Kier molecular flexibility index (Phi) is 4.53. The van der Waals surface area contributed by atoms with E-state index < -0.39 is 0 Å². The number of rotatable bonds is 3. The van der Waals surface area contributed by atoms with E-state index in [-0.39, 0.29) is 0 Å². The maximum Gasteiger partial charge on any atom is 0.0594 e. The Morgan fingerprint density at radius 1 is 1.18 bits per heavy atom. The third-order valence-corrected chi connectivity index (χ3v) is 2.63. The Morgan fingerprint density at radius 3 is 2.18 bits per heavy atom. The molecule has 4 heteroatoms.